The lowest BCUT2D eigenvalue weighted by Crippen LogP contribution is -2.09. The molecule has 200 valence electrons. The van der Waals surface area contributed by atoms with Crippen LogP contribution in [0, 0.1) is 34.6 Å². The molecule has 0 spiro atoms. The van der Waals surface area contributed by atoms with E-state index < -0.39 is 0 Å². The molecule has 1 aliphatic rings. The molecule has 1 fully saturated rings. The Morgan fingerprint density at radius 3 is 2.30 bits per heavy atom. The molecule has 3 heterocycles. The fourth-order valence-corrected chi connectivity index (χ4v) is 6.23. The van der Waals surface area contributed by atoms with Crippen LogP contribution in [0.5, 0.6) is 17.4 Å². The first-order valence-electron chi connectivity index (χ1n) is 14.1. The number of phenolic OH excluding ortho intramolecular Hbond substituents is 1. The molecule has 40 heavy (non-hydrogen) atoms. The second-order valence-corrected chi connectivity index (χ2v) is 11.4. The van der Waals surface area contributed by atoms with E-state index in [0.717, 1.165) is 38.9 Å². The minimum atomic E-state index is 0.228. The molecule has 0 atom stereocenters. The zero-order chi connectivity index (χ0) is 27.7. The van der Waals surface area contributed by atoms with E-state index in [-0.39, 0.29) is 5.75 Å². The zero-order valence-corrected chi connectivity index (χ0v) is 23.7. The molecule has 0 saturated heterocycles. The number of hydrogen-bond acceptors (Lipinski definition) is 4. The molecule has 3 aromatic heterocycles. The molecule has 6 aromatic rings. The lowest BCUT2D eigenvalue weighted by Gasteiger charge is -2.27. The van der Waals surface area contributed by atoms with Crippen LogP contribution in [0.1, 0.15) is 58.7 Å². The van der Waals surface area contributed by atoms with Gasteiger partial charge in [0.1, 0.15) is 22.8 Å². The first-order chi connectivity index (χ1) is 19.3. The first-order valence-corrected chi connectivity index (χ1v) is 14.1. The van der Waals surface area contributed by atoms with Crippen molar-refractivity contribution in [3.63, 3.8) is 0 Å². The molecule has 7 rings (SSSR count). The summed E-state index contributed by atoms with van der Waals surface area (Å²) in [5.41, 5.74) is 9.48. The summed E-state index contributed by atoms with van der Waals surface area (Å²) >= 11 is 0. The average molecular weight is 528 g/mol. The van der Waals surface area contributed by atoms with Crippen LogP contribution in [0.25, 0.3) is 38.5 Å². The Bertz CT molecular complexity index is 1980. The van der Waals surface area contributed by atoms with E-state index in [4.69, 9.17) is 14.7 Å². The van der Waals surface area contributed by atoms with Crippen molar-refractivity contribution >= 4 is 32.7 Å². The van der Waals surface area contributed by atoms with Gasteiger partial charge in [-0.05, 0) is 105 Å². The van der Waals surface area contributed by atoms with Crippen LogP contribution in [0.2, 0.25) is 0 Å². The Morgan fingerprint density at radius 2 is 1.52 bits per heavy atom. The third-order valence-electron chi connectivity index (χ3n) is 8.63. The molecular weight excluding hydrogens is 494 g/mol. The summed E-state index contributed by atoms with van der Waals surface area (Å²) in [6.07, 6.45) is 3.65. The standard InChI is InChI=1S/C35H33N3O2/c1-19-9-10-20(2)33-31(19)27-14-13-25(18-29(27)38(33)35-21(3)11-12-23(5)36-35)40-30-16-15-26-28(24-7-6-8-24)17-22(4)34(39)32(26)37-30/h9-18,24,39H,6-8H2,1-5H3. The van der Waals surface area contributed by atoms with Gasteiger partial charge in [0.2, 0.25) is 5.88 Å². The van der Waals surface area contributed by atoms with Crippen molar-refractivity contribution in [3.8, 4) is 23.2 Å². The minimum absolute atomic E-state index is 0.228. The Morgan fingerprint density at radius 1 is 0.775 bits per heavy atom. The molecule has 0 radical (unpaired) electrons. The van der Waals surface area contributed by atoms with Gasteiger partial charge in [0, 0.05) is 34.0 Å². The molecule has 0 aliphatic heterocycles. The Kier molecular flexibility index (Phi) is 5.60. The number of benzene rings is 3. The van der Waals surface area contributed by atoms with Crippen LogP contribution in [0.4, 0.5) is 0 Å². The lowest BCUT2D eigenvalue weighted by atomic mass is 9.78. The van der Waals surface area contributed by atoms with Crippen molar-refractivity contribution in [1.82, 2.24) is 14.5 Å². The SMILES string of the molecule is Cc1ccc(C)c(-n2c3cc(Oc4ccc5c(C6CCC6)cc(C)c(O)c5n4)ccc3c3c(C)ccc(C)c32)n1. The van der Waals surface area contributed by atoms with E-state index in [0.29, 0.717) is 23.1 Å². The van der Waals surface area contributed by atoms with Crippen LogP contribution in [-0.4, -0.2) is 19.6 Å². The molecule has 3 aromatic carbocycles. The van der Waals surface area contributed by atoms with Gasteiger partial charge in [-0.1, -0.05) is 30.7 Å². The zero-order valence-electron chi connectivity index (χ0n) is 23.7. The Hall–Kier alpha value is -4.38. The van der Waals surface area contributed by atoms with Gasteiger partial charge in [0.25, 0.3) is 0 Å². The number of nitrogens with zero attached hydrogens (tertiary/aromatic N) is 3. The van der Waals surface area contributed by atoms with Crippen LogP contribution in [-0.2, 0) is 0 Å². The molecule has 5 heteroatoms. The number of hydrogen-bond donors (Lipinski definition) is 1. The molecule has 1 saturated carbocycles. The molecular formula is C35H33N3O2. The highest BCUT2D eigenvalue weighted by Crippen LogP contribution is 2.43. The largest absolute Gasteiger partial charge is 0.505 e. The molecule has 0 amide bonds. The number of fused-ring (bicyclic) bond motifs is 4. The predicted molar refractivity (Wildman–Crippen MR) is 162 cm³/mol. The molecule has 0 bridgehead atoms. The van der Waals surface area contributed by atoms with Crippen LogP contribution in [0.15, 0.2) is 60.7 Å². The van der Waals surface area contributed by atoms with E-state index in [9.17, 15) is 5.11 Å². The number of pyridine rings is 2. The maximum Gasteiger partial charge on any atom is 0.219 e. The van der Waals surface area contributed by atoms with E-state index in [1.807, 2.05) is 32.0 Å². The Labute approximate surface area is 234 Å². The van der Waals surface area contributed by atoms with Gasteiger partial charge < -0.3 is 9.84 Å². The summed E-state index contributed by atoms with van der Waals surface area (Å²) in [7, 11) is 0. The molecule has 0 unspecified atom stereocenters. The number of ether oxygens (including phenoxy) is 1. The summed E-state index contributed by atoms with van der Waals surface area (Å²) in [6.45, 7) is 10.4. The second kappa shape index (κ2) is 9.09. The van der Waals surface area contributed by atoms with Crippen molar-refractivity contribution in [2.75, 3.05) is 0 Å². The van der Waals surface area contributed by atoms with Gasteiger partial charge in [-0.2, -0.15) is 0 Å². The van der Waals surface area contributed by atoms with Gasteiger partial charge in [-0.3, -0.25) is 4.57 Å². The number of aromatic nitrogens is 3. The highest BCUT2D eigenvalue weighted by molar-refractivity contribution is 6.12. The Balaban J connectivity index is 1.40. The average Bonchev–Trinajstić information content (AvgIpc) is 3.25. The summed E-state index contributed by atoms with van der Waals surface area (Å²) in [6, 6.07) is 20.9. The quantitative estimate of drug-likeness (QED) is 0.248. The second-order valence-electron chi connectivity index (χ2n) is 11.4. The van der Waals surface area contributed by atoms with Crippen molar-refractivity contribution in [2.24, 2.45) is 0 Å². The van der Waals surface area contributed by atoms with Gasteiger partial charge in [0.05, 0.1) is 11.0 Å². The van der Waals surface area contributed by atoms with Crippen molar-refractivity contribution < 1.29 is 9.84 Å². The maximum atomic E-state index is 10.9. The van der Waals surface area contributed by atoms with Crippen molar-refractivity contribution in [3.05, 3.63) is 94.2 Å². The molecule has 1 N–H and O–H groups in total. The number of aromatic hydroxyl groups is 1. The molecule has 5 nitrogen and oxygen atoms in total. The van der Waals surface area contributed by atoms with Crippen LogP contribution < -0.4 is 4.74 Å². The number of rotatable bonds is 4. The third-order valence-corrected chi connectivity index (χ3v) is 8.63. The van der Waals surface area contributed by atoms with Crippen molar-refractivity contribution in [2.45, 2.75) is 59.8 Å². The minimum Gasteiger partial charge on any atom is -0.505 e. The maximum absolute atomic E-state index is 10.9. The smallest absolute Gasteiger partial charge is 0.219 e. The number of aryl methyl sites for hydroxylation is 5. The summed E-state index contributed by atoms with van der Waals surface area (Å²) in [5, 5.41) is 14.3. The normalized spacial score (nSPS) is 13.8. The summed E-state index contributed by atoms with van der Waals surface area (Å²) < 4.78 is 8.65. The third kappa shape index (κ3) is 3.75. The fraction of sp³-hybridized carbons (Fsp3) is 0.257. The van der Waals surface area contributed by atoms with E-state index in [2.05, 4.69) is 67.8 Å². The van der Waals surface area contributed by atoms with E-state index in [1.54, 1.807) is 0 Å². The lowest BCUT2D eigenvalue weighted by molar-refractivity contribution is 0.420. The van der Waals surface area contributed by atoms with E-state index >= 15 is 0 Å². The highest BCUT2D eigenvalue weighted by Gasteiger charge is 2.24. The van der Waals surface area contributed by atoms with Gasteiger partial charge >= 0.3 is 0 Å². The number of phenols is 1. The topological polar surface area (TPSA) is 60.2 Å². The first kappa shape index (κ1) is 24.6. The summed E-state index contributed by atoms with van der Waals surface area (Å²) in [4.78, 5) is 9.77. The van der Waals surface area contributed by atoms with Crippen molar-refractivity contribution in [1.29, 1.82) is 0 Å². The van der Waals surface area contributed by atoms with Gasteiger partial charge in [0.15, 0.2) is 0 Å². The van der Waals surface area contributed by atoms with Crippen LogP contribution in [0.3, 0.4) is 0 Å². The fourth-order valence-electron chi connectivity index (χ4n) is 6.23. The monoisotopic (exact) mass is 527 g/mol. The highest BCUT2D eigenvalue weighted by atomic mass is 16.5. The molecule has 1 aliphatic carbocycles. The predicted octanol–water partition coefficient (Wildman–Crippen LogP) is 9.03. The van der Waals surface area contributed by atoms with Crippen LogP contribution >= 0.6 is 0 Å². The summed E-state index contributed by atoms with van der Waals surface area (Å²) in [5.74, 6) is 2.86. The van der Waals surface area contributed by atoms with E-state index in [1.165, 1.54) is 46.9 Å². The van der Waals surface area contributed by atoms with Gasteiger partial charge in [-0.25, -0.2) is 9.97 Å². The van der Waals surface area contributed by atoms with Gasteiger partial charge in [-0.15, -0.1) is 0 Å².